The first-order chi connectivity index (χ1) is 8.70. The molecule has 0 aliphatic heterocycles. The zero-order valence-electron chi connectivity index (χ0n) is 11.6. The van der Waals surface area contributed by atoms with Gasteiger partial charge in [-0.05, 0) is 54.4 Å². The van der Waals surface area contributed by atoms with Crippen LogP contribution in [0.25, 0.3) is 6.08 Å². The van der Waals surface area contributed by atoms with Gasteiger partial charge in [0.05, 0.1) is 0 Å². The molecule has 1 aromatic heterocycles. The Morgan fingerprint density at radius 2 is 2.16 bits per heavy atom. The maximum Gasteiger partial charge on any atom is 0.106 e. The van der Waals surface area contributed by atoms with E-state index in [4.69, 9.17) is 0 Å². The van der Waals surface area contributed by atoms with Crippen molar-refractivity contribution >= 4 is 32.8 Å². The molecule has 0 radical (unpaired) electrons. The lowest BCUT2D eigenvalue weighted by Gasteiger charge is -2.20. The van der Waals surface area contributed by atoms with Gasteiger partial charge >= 0.3 is 0 Å². The van der Waals surface area contributed by atoms with E-state index in [-0.39, 0.29) is 16.5 Å². The molecule has 0 fully saturated rings. The smallest absolute Gasteiger partial charge is 0.106 e. The number of pyridine rings is 1. The fourth-order valence-electron chi connectivity index (χ4n) is 1.33. The Kier molecular flexibility index (Phi) is 5.86. The molecular weight excluding hydrogens is 329 g/mol. The largest absolute Gasteiger partial charge is 0.259 e. The molecule has 1 aromatic rings. The van der Waals surface area contributed by atoms with Crippen molar-refractivity contribution in [3.63, 3.8) is 0 Å². The zero-order chi connectivity index (χ0) is 14.6. The van der Waals surface area contributed by atoms with Gasteiger partial charge in [-0.3, -0.25) is 4.21 Å². The summed E-state index contributed by atoms with van der Waals surface area (Å²) in [5.74, 6) is -0.291. The van der Waals surface area contributed by atoms with Gasteiger partial charge in [-0.2, -0.15) is 0 Å². The quantitative estimate of drug-likeness (QED) is 0.758. The molecule has 1 rings (SSSR count). The number of nitrogens with zero attached hydrogens (tertiary/aromatic N) is 1. The topological polar surface area (TPSA) is 30.0 Å². The molecule has 0 saturated heterocycles. The molecule has 0 spiro atoms. The Bertz CT molecular complexity index is 479. The second-order valence-electron chi connectivity index (χ2n) is 5.47. The summed E-state index contributed by atoms with van der Waals surface area (Å²) in [6.07, 6.45) is 3.04. The highest BCUT2D eigenvalue weighted by atomic mass is 79.9. The summed E-state index contributed by atoms with van der Waals surface area (Å²) in [5.41, 5.74) is 0.703. The van der Waals surface area contributed by atoms with Crippen molar-refractivity contribution in [1.82, 2.24) is 4.98 Å². The molecular formula is C14H19BrFNOS. The van der Waals surface area contributed by atoms with E-state index in [9.17, 15) is 8.60 Å². The Morgan fingerprint density at radius 3 is 2.63 bits per heavy atom. The Morgan fingerprint density at radius 1 is 1.53 bits per heavy atom. The van der Waals surface area contributed by atoms with Crippen LogP contribution in [-0.4, -0.2) is 19.7 Å². The Hall–Kier alpha value is -0.550. The molecule has 0 saturated carbocycles. The lowest BCUT2D eigenvalue weighted by molar-refractivity contribution is 0.525. The van der Waals surface area contributed by atoms with Gasteiger partial charge in [0, 0.05) is 33.4 Å². The van der Waals surface area contributed by atoms with Gasteiger partial charge in [0.15, 0.2) is 0 Å². The van der Waals surface area contributed by atoms with E-state index < -0.39 is 10.8 Å². The molecule has 0 aliphatic carbocycles. The SMILES string of the molecule is C[C@H](C[S@](=O)C(C)(C)C)/C(F)=C/c1ccc(Br)nc1. The van der Waals surface area contributed by atoms with Crippen LogP contribution in [0.4, 0.5) is 4.39 Å². The highest BCUT2D eigenvalue weighted by Crippen LogP contribution is 2.21. The van der Waals surface area contributed by atoms with Crippen molar-refractivity contribution in [1.29, 1.82) is 0 Å². The first kappa shape index (κ1) is 16.5. The van der Waals surface area contributed by atoms with Gasteiger partial charge in [-0.1, -0.05) is 13.0 Å². The predicted octanol–water partition coefficient (Wildman–Crippen LogP) is 4.34. The van der Waals surface area contributed by atoms with Crippen molar-refractivity contribution in [3.8, 4) is 0 Å². The van der Waals surface area contributed by atoms with Gasteiger partial charge < -0.3 is 0 Å². The van der Waals surface area contributed by atoms with Crippen LogP contribution in [0.1, 0.15) is 33.3 Å². The first-order valence-corrected chi connectivity index (χ1v) is 8.18. The van der Waals surface area contributed by atoms with E-state index in [1.165, 1.54) is 6.08 Å². The minimum atomic E-state index is -1.05. The maximum atomic E-state index is 14.0. The molecule has 0 aromatic carbocycles. The number of allylic oxidation sites excluding steroid dienone is 1. The third-order valence-corrected chi connectivity index (χ3v) is 5.25. The van der Waals surface area contributed by atoms with Gasteiger partial charge in [0.1, 0.15) is 10.4 Å². The fourth-order valence-corrected chi connectivity index (χ4v) is 2.68. The maximum absolute atomic E-state index is 14.0. The summed E-state index contributed by atoms with van der Waals surface area (Å²) in [7, 11) is -1.05. The number of hydrogen-bond donors (Lipinski definition) is 0. The minimum Gasteiger partial charge on any atom is -0.259 e. The molecule has 2 atom stereocenters. The summed E-state index contributed by atoms with van der Waals surface area (Å²) >= 11 is 3.23. The van der Waals surface area contributed by atoms with E-state index in [1.807, 2.05) is 20.8 Å². The van der Waals surface area contributed by atoms with Crippen LogP contribution in [0, 0.1) is 5.92 Å². The molecule has 0 amide bonds. The van der Waals surface area contributed by atoms with Crippen LogP contribution in [0.2, 0.25) is 0 Å². The molecule has 106 valence electrons. The Balaban J connectivity index is 2.74. The third kappa shape index (κ3) is 5.53. The van der Waals surface area contributed by atoms with Crippen molar-refractivity contribution in [2.45, 2.75) is 32.4 Å². The third-order valence-electron chi connectivity index (χ3n) is 2.61. The fraction of sp³-hybridized carbons (Fsp3) is 0.500. The monoisotopic (exact) mass is 347 g/mol. The number of halogens is 2. The van der Waals surface area contributed by atoms with Crippen LogP contribution in [0.5, 0.6) is 0 Å². The number of aromatic nitrogens is 1. The van der Waals surface area contributed by atoms with Crippen LogP contribution < -0.4 is 0 Å². The lowest BCUT2D eigenvalue weighted by atomic mass is 10.1. The van der Waals surface area contributed by atoms with E-state index in [0.29, 0.717) is 15.9 Å². The van der Waals surface area contributed by atoms with E-state index in [1.54, 1.807) is 25.3 Å². The zero-order valence-corrected chi connectivity index (χ0v) is 14.0. The van der Waals surface area contributed by atoms with Crippen molar-refractivity contribution in [2.75, 3.05) is 5.75 Å². The van der Waals surface area contributed by atoms with E-state index in [2.05, 4.69) is 20.9 Å². The van der Waals surface area contributed by atoms with Gasteiger partial charge in [-0.15, -0.1) is 0 Å². The highest BCUT2D eigenvalue weighted by molar-refractivity contribution is 9.10. The lowest BCUT2D eigenvalue weighted by Crippen LogP contribution is -2.26. The molecule has 0 unspecified atom stereocenters. The van der Waals surface area contributed by atoms with Crippen LogP contribution in [-0.2, 0) is 10.8 Å². The molecule has 19 heavy (non-hydrogen) atoms. The van der Waals surface area contributed by atoms with Crippen LogP contribution >= 0.6 is 15.9 Å². The second-order valence-corrected chi connectivity index (χ2v) is 8.53. The summed E-state index contributed by atoms with van der Waals surface area (Å²) in [5, 5.41) is 0. The Labute approximate surface area is 125 Å². The molecule has 0 bridgehead atoms. The van der Waals surface area contributed by atoms with Crippen molar-refractivity contribution < 1.29 is 8.60 Å². The first-order valence-electron chi connectivity index (χ1n) is 6.07. The normalized spacial score (nSPS) is 16.2. The van der Waals surface area contributed by atoms with Crippen molar-refractivity contribution in [2.24, 2.45) is 5.92 Å². The van der Waals surface area contributed by atoms with Crippen LogP contribution in [0.3, 0.4) is 0 Å². The summed E-state index contributed by atoms with van der Waals surface area (Å²) in [4.78, 5) is 4.04. The average Bonchev–Trinajstić information content (AvgIpc) is 2.30. The molecule has 0 aliphatic rings. The van der Waals surface area contributed by atoms with Crippen LogP contribution in [0.15, 0.2) is 28.8 Å². The minimum absolute atomic E-state index is 0.262. The van der Waals surface area contributed by atoms with Gasteiger partial charge in [-0.25, -0.2) is 9.37 Å². The molecule has 5 heteroatoms. The van der Waals surface area contributed by atoms with E-state index >= 15 is 0 Å². The van der Waals surface area contributed by atoms with E-state index in [0.717, 1.165) is 0 Å². The molecule has 1 heterocycles. The molecule has 0 N–H and O–H groups in total. The van der Waals surface area contributed by atoms with Gasteiger partial charge in [0.25, 0.3) is 0 Å². The highest BCUT2D eigenvalue weighted by Gasteiger charge is 2.23. The molecule has 2 nitrogen and oxygen atoms in total. The standard InChI is InChI=1S/C14H19BrFNOS/c1-10(9-19(18)14(2,3)4)12(16)7-11-5-6-13(15)17-8-11/h5-8,10H,9H2,1-4H3/b12-7-/t10-,19+/m1/s1. The average molecular weight is 348 g/mol. The number of rotatable bonds is 4. The second kappa shape index (κ2) is 6.75. The summed E-state index contributed by atoms with van der Waals surface area (Å²) in [6, 6.07) is 3.54. The number of hydrogen-bond acceptors (Lipinski definition) is 2. The van der Waals surface area contributed by atoms with Crippen molar-refractivity contribution in [3.05, 3.63) is 34.3 Å². The predicted molar refractivity (Wildman–Crippen MR) is 82.9 cm³/mol. The van der Waals surface area contributed by atoms with Gasteiger partial charge in [0.2, 0.25) is 0 Å². The summed E-state index contributed by atoms with van der Waals surface area (Å²) < 4.78 is 26.4. The summed E-state index contributed by atoms with van der Waals surface area (Å²) in [6.45, 7) is 7.45.